The summed E-state index contributed by atoms with van der Waals surface area (Å²) < 4.78 is 0. The zero-order chi connectivity index (χ0) is 11.0. The molecule has 0 aromatic heterocycles. The lowest BCUT2D eigenvalue weighted by molar-refractivity contribution is 1.69. The van der Waals surface area contributed by atoms with E-state index in [1.807, 2.05) is 36.4 Å². The van der Waals surface area contributed by atoms with Crippen LogP contribution in [0.3, 0.4) is 0 Å². The zero-order valence-corrected chi connectivity index (χ0v) is 8.54. The maximum atomic E-state index is 8.64. The first kappa shape index (κ1) is 9.07. The number of fused-ring (bicyclic) bond motifs is 3. The van der Waals surface area contributed by atoms with Gasteiger partial charge in [0.15, 0.2) is 0 Å². The van der Waals surface area contributed by atoms with Gasteiger partial charge in [0.1, 0.15) is 0 Å². The molecule has 0 atom stereocenters. The van der Waals surface area contributed by atoms with Crippen molar-refractivity contribution in [3.05, 3.63) is 59.0 Å². The topological polar surface area (TPSA) is 48.8 Å². The molecule has 0 aliphatic carbocycles. The lowest BCUT2D eigenvalue weighted by Crippen LogP contribution is -2.35. The van der Waals surface area contributed by atoms with Crippen molar-refractivity contribution in [2.24, 2.45) is 5.03 Å². The Labute approximate surface area is 93.5 Å². The second kappa shape index (κ2) is 3.44. The summed E-state index contributed by atoms with van der Waals surface area (Å²) in [7, 11) is 0. The highest BCUT2D eigenvalue weighted by Crippen LogP contribution is 2.22. The fraction of sp³-hybridized carbons (Fsp3) is 0. The molecule has 0 radical (unpaired) electrons. The van der Waals surface area contributed by atoms with Gasteiger partial charge < -0.3 is 0 Å². The molecule has 2 aromatic rings. The first-order valence-electron chi connectivity index (χ1n) is 5.14. The molecule has 1 heterocycles. The summed E-state index contributed by atoms with van der Waals surface area (Å²) in [5.41, 5.74) is 13.2. The summed E-state index contributed by atoms with van der Waals surface area (Å²) in [6.07, 6.45) is 0. The molecule has 3 rings (SSSR count). The highest BCUT2D eigenvalue weighted by Gasteiger charge is 2.30. The highest BCUT2D eigenvalue weighted by atomic mass is 15.1. The van der Waals surface area contributed by atoms with Gasteiger partial charge in [-0.25, -0.2) is 0 Å². The van der Waals surface area contributed by atoms with Gasteiger partial charge in [-0.2, -0.15) is 0 Å². The molecule has 0 saturated heterocycles. The van der Waals surface area contributed by atoms with Gasteiger partial charge in [-0.05, 0) is 21.6 Å². The maximum absolute atomic E-state index is 8.64. The predicted octanol–water partition coefficient (Wildman–Crippen LogP) is 2.08. The van der Waals surface area contributed by atoms with Crippen LogP contribution in [0.2, 0.25) is 0 Å². The molecule has 0 N–H and O–H groups in total. The van der Waals surface area contributed by atoms with Gasteiger partial charge in [0, 0.05) is 0 Å². The molecule has 0 spiro atoms. The molecule has 1 aliphatic heterocycles. The van der Waals surface area contributed by atoms with Gasteiger partial charge >= 0.3 is 6.85 Å². The fourth-order valence-electron chi connectivity index (χ4n) is 2.31. The predicted molar refractivity (Wildman–Crippen MR) is 66.0 cm³/mol. The van der Waals surface area contributed by atoms with Crippen molar-refractivity contribution in [2.75, 3.05) is 0 Å². The fourth-order valence-corrected chi connectivity index (χ4v) is 2.31. The molecule has 0 unspecified atom stereocenters. The summed E-state index contributed by atoms with van der Waals surface area (Å²) >= 11 is 0. The van der Waals surface area contributed by atoms with Crippen LogP contribution in [-0.4, -0.2) is 6.85 Å². The van der Waals surface area contributed by atoms with E-state index >= 15 is 0 Å². The van der Waals surface area contributed by atoms with Crippen molar-refractivity contribution < 1.29 is 0 Å². The Balaban J connectivity index is 2.33. The Morgan fingerprint density at radius 3 is 1.88 bits per heavy atom. The van der Waals surface area contributed by atoms with E-state index in [-0.39, 0.29) is 6.85 Å². The van der Waals surface area contributed by atoms with Crippen molar-refractivity contribution in [1.82, 2.24) is 0 Å². The van der Waals surface area contributed by atoms with E-state index in [4.69, 9.17) is 5.53 Å². The van der Waals surface area contributed by atoms with Crippen molar-refractivity contribution >= 4 is 17.8 Å². The smallest absolute Gasteiger partial charge is 0.136 e. The van der Waals surface area contributed by atoms with E-state index in [9.17, 15) is 0 Å². The minimum atomic E-state index is -0.169. The first-order chi connectivity index (χ1) is 7.92. The molecule has 2 aromatic carbocycles. The molecule has 0 saturated carbocycles. The summed E-state index contributed by atoms with van der Waals surface area (Å²) in [5.74, 6) is 0. The molecule has 0 fully saturated rings. The second-order valence-electron chi connectivity index (χ2n) is 3.78. The number of hydrogen-bond acceptors (Lipinski definition) is 1. The van der Waals surface area contributed by atoms with Gasteiger partial charge in [-0.1, -0.05) is 59.5 Å². The maximum Gasteiger partial charge on any atom is 0.310 e. The van der Waals surface area contributed by atoms with Gasteiger partial charge in [-0.3, -0.25) is 0 Å². The van der Waals surface area contributed by atoms with Crippen molar-refractivity contribution in [2.45, 2.75) is 0 Å². The molecular formula is C12H8BN3. The molecule has 74 valence electrons. The van der Waals surface area contributed by atoms with Crippen LogP contribution < -0.4 is 10.9 Å². The summed E-state index contributed by atoms with van der Waals surface area (Å²) in [5, 5.41) is 3.89. The van der Waals surface area contributed by atoms with Crippen LogP contribution in [0.1, 0.15) is 0 Å². The number of hydrogen-bond donors (Lipinski definition) is 0. The van der Waals surface area contributed by atoms with Crippen LogP contribution in [0.5, 0.6) is 0 Å². The molecule has 4 heteroatoms. The largest absolute Gasteiger partial charge is 0.310 e. The van der Waals surface area contributed by atoms with Gasteiger partial charge in [0.2, 0.25) is 0 Å². The normalized spacial score (nSPS) is 11.6. The molecule has 3 nitrogen and oxygen atoms in total. The summed E-state index contributed by atoms with van der Waals surface area (Å²) in [4.78, 5) is 2.94. The minimum absolute atomic E-state index is 0.169. The van der Waals surface area contributed by atoms with Gasteiger partial charge in [-0.15, -0.1) is 5.03 Å². The minimum Gasteiger partial charge on any atom is -0.136 e. The van der Waals surface area contributed by atoms with Crippen molar-refractivity contribution in [3.63, 3.8) is 0 Å². The van der Waals surface area contributed by atoms with Crippen LogP contribution in [0.4, 0.5) is 0 Å². The number of benzene rings is 2. The second-order valence-corrected chi connectivity index (χ2v) is 3.78. The summed E-state index contributed by atoms with van der Waals surface area (Å²) in [6.45, 7) is -0.169. The highest BCUT2D eigenvalue weighted by molar-refractivity contribution is 6.88. The third kappa shape index (κ3) is 1.14. The Hall–Kier alpha value is -2.19. The molecular weight excluding hydrogens is 197 g/mol. The van der Waals surface area contributed by atoms with Gasteiger partial charge in [0.05, 0.1) is 0 Å². The number of nitrogens with zero attached hydrogens (tertiary/aromatic N) is 3. The standard InChI is InChI=1S/C12H8BN3/c14-16-15-13-11-7-3-1-5-9(11)10-6-2-4-8-12(10)13/h1-8H. The van der Waals surface area contributed by atoms with E-state index in [2.05, 4.69) is 22.1 Å². The average molecular weight is 205 g/mol. The molecule has 16 heavy (non-hydrogen) atoms. The SMILES string of the molecule is [N-]=[N+]=NB1c2ccccc2-c2ccccc21. The van der Waals surface area contributed by atoms with Gasteiger partial charge in [0.25, 0.3) is 0 Å². The van der Waals surface area contributed by atoms with Crippen LogP contribution in [0.15, 0.2) is 53.6 Å². The molecule has 0 amide bonds. The Bertz CT molecular complexity index is 557. The van der Waals surface area contributed by atoms with Crippen LogP contribution in [0, 0.1) is 0 Å². The summed E-state index contributed by atoms with van der Waals surface area (Å²) in [6, 6.07) is 16.2. The number of rotatable bonds is 1. The Kier molecular flexibility index (Phi) is 1.95. The van der Waals surface area contributed by atoms with E-state index < -0.39 is 0 Å². The van der Waals surface area contributed by atoms with Crippen LogP contribution >= 0.6 is 0 Å². The third-order valence-corrected chi connectivity index (χ3v) is 2.97. The lowest BCUT2D eigenvalue weighted by Gasteiger charge is -2.00. The van der Waals surface area contributed by atoms with Crippen molar-refractivity contribution in [3.8, 4) is 11.1 Å². The first-order valence-corrected chi connectivity index (χ1v) is 5.14. The van der Waals surface area contributed by atoms with Crippen molar-refractivity contribution in [1.29, 1.82) is 0 Å². The third-order valence-electron chi connectivity index (χ3n) is 2.97. The van der Waals surface area contributed by atoms with E-state index in [1.54, 1.807) is 0 Å². The monoisotopic (exact) mass is 205 g/mol. The van der Waals surface area contributed by atoms with E-state index in [0.29, 0.717) is 0 Å². The average Bonchev–Trinajstić information content (AvgIpc) is 2.66. The molecule has 1 aliphatic rings. The van der Waals surface area contributed by atoms with E-state index in [1.165, 1.54) is 11.1 Å². The zero-order valence-electron chi connectivity index (χ0n) is 8.54. The Morgan fingerprint density at radius 2 is 1.38 bits per heavy atom. The van der Waals surface area contributed by atoms with Crippen LogP contribution in [-0.2, 0) is 0 Å². The quantitative estimate of drug-likeness (QED) is 0.296. The lowest BCUT2D eigenvalue weighted by atomic mass is 9.55. The van der Waals surface area contributed by atoms with Crippen LogP contribution in [0.25, 0.3) is 21.6 Å². The Morgan fingerprint density at radius 1 is 0.875 bits per heavy atom. The van der Waals surface area contributed by atoms with E-state index in [0.717, 1.165) is 10.9 Å². The number of azide groups is 1. The molecule has 0 bridgehead atoms.